The predicted octanol–water partition coefficient (Wildman–Crippen LogP) is 4.30. The summed E-state index contributed by atoms with van der Waals surface area (Å²) in [6, 6.07) is 18.8. The second kappa shape index (κ2) is 10.3. The van der Waals surface area contributed by atoms with E-state index in [1.54, 1.807) is 24.3 Å². The zero-order chi connectivity index (χ0) is 24.1. The number of halogens is 4. The van der Waals surface area contributed by atoms with Crippen LogP contribution in [0.1, 0.15) is 11.1 Å². The Morgan fingerprint density at radius 3 is 2.44 bits per heavy atom. The van der Waals surface area contributed by atoms with Crippen LogP contribution in [-0.2, 0) is 17.6 Å². The van der Waals surface area contributed by atoms with Crippen molar-refractivity contribution in [1.29, 1.82) is 0 Å². The van der Waals surface area contributed by atoms with E-state index in [9.17, 15) is 18.0 Å². The largest absolute Gasteiger partial charge is 0.489 e. The minimum absolute atomic E-state index is 0.00383. The molecule has 11 heteroatoms. The van der Waals surface area contributed by atoms with Crippen LogP contribution in [0.4, 0.5) is 24.5 Å². The van der Waals surface area contributed by atoms with E-state index in [0.29, 0.717) is 18.0 Å². The minimum atomic E-state index is -4.56. The molecule has 0 aromatic heterocycles. The van der Waals surface area contributed by atoms with Gasteiger partial charge in [-0.15, -0.1) is 0 Å². The summed E-state index contributed by atoms with van der Waals surface area (Å²) in [7, 11) is 0. The smallest absolute Gasteiger partial charge is 0.416 e. The summed E-state index contributed by atoms with van der Waals surface area (Å²) in [6.07, 6.45) is -5.17. The van der Waals surface area contributed by atoms with E-state index < -0.39 is 29.9 Å². The van der Waals surface area contributed by atoms with Gasteiger partial charge in [-0.1, -0.05) is 41.9 Å². The first-order valence-corrected chi connectivity index (χ1v) is 10.6. The Balaban J connectivity index is 1.36. The zero-order valence-corrected chi connectivity index (χ0v) is 18.4. The number of carbonyl (C=O) groups excluding carboxylic acids is 1. The quantitative estimate of drug-likeness (QED) is 0.339. The van der Waals surface area contributed by atoms with E-state index in [2.05, 4.69) is 27.0 Å². The van der Waals surface area contributed by atoms with Gasteiger partial charge in [0.25, 0.3) is 0 Å². The van der Waals surface area contributed by atoms with Gasteiger partial charge in [0.1, 0.15) is 24.6 Å². The van der Waals surface area contributed by atoms with Crippen molar-refractivity contribution in [2.45, 2.75) is 25.0 Å². The third-order valence-corrected chi connectivity index (χ3v) is 5.38. The van der Waals surface area contributed by atoms with E-state index in [0.717, 1.165) is 23.8 Å². The van der Waals surface area contributed by atoms with Crippen LogP contribution >= 0.6 is 11.6 Å². The van der Waals surface area contributed by atoms with Gasteiger partial charge in [0.2, 0.25) is 5.91 Å². The molecule has 4 rings (SSSR count). The lowest BCUT2D eigenvalue weighted by Gasteiger charge is -2.20. The summed E-state index contributed by atoms with van der Waals surface area (Å²) in [5, 5.41) is 5.59. The van der Waals surface area contributed by atoms with Crippen molar-refractivity contribution in [3.8, 4) is 5.75 Å². The third kappa shape index (κ3) is 5.97. The topological polar surface area (TPSA) is 86.5 Å². The molecule has 178 valence electrons. The van der Waals surface area contributed by atoms with Gasteiger partial charge >= 0.3 is 6.18 Å². The van der Waals surface area contributed by atoms with Gasteiger partial charge in [0, 0.05) is 5.69 Å². The van der Waals surface area contributed by atoms with Crippen molar-refractivity contribution in [3.63, 3.8) is 0 Å². The molecule has 1 amide bonds. The molecule has 3 aromatic rings. The van der Waals surface area contributed by atoms with Crippen molar-refractivity contribution >= 4 is 28.9 Å². The molecule has 0 radical (unpaired) electrons. The monoisotopic (exact) mass is 491 g/mol. The van der Waals surface area contributed by atoms with Gasteiger partial charge in [0.05, 0.1) is 16.3 Å². The van der Waals surface area contributed by atoms with Gasteiger partial charge in [-0.3, -0.25) is 4.79 Å². The first-order chi connectivity index (χ1) is 16.3. The molecule has 7 nitrogen and oxygen atoms in total. The molecule has 3 aromatic carbocycles. The van der Waals surface area contributed by atoms with E-state index in [1.165, 1.54) is 0 Å². The maximum absolute atomic E-state index is 13.0. The third-order valence-electron chi connectivity index (χ3n) is 5.05. The van der Waals surface area contributed by atoms with Crippen molar-refractivity contribution in [3.05, 3.63) is 88.9 Å². The van der Waals surface area contributed by atoms with Gasteiger partial charge in [-0.25, -0.2) is 10.9 Å². The van der Waals surface area contributed by atoms with Crippen molar-refractivity contribution < 1.29 is 22.7 Å². The summed E-state index contributed by atoms with van der Waals surface area (Å²) >= 11 is 5.98. The number of rotatable bonds is 7. The summed E-state index contributed by atoms with van der Waals surface area (Å²) in [5.41, 5.74) is 8.95. The average molecular weight is 492 g/mol. The van der Waals surface area contributed by atoms with Crippen LogP contribution in [0, 0.1) is 0 Å². The molecular weight excluding hydrogens is 471 g/mol. The van der Waals surface area contributed by atoms with E-state index in [-0.39, 0.29) is 10.7 Å². The number of nitrogens with one attached hydrogen (secondary N) is 5. The van der Waals surface area contributed by atoms with Crippen LogP contribution in [0.25, 0.3) is 0 Å². The van der Waals surface area contributed by atoms with Crippen LogP contribution in [0.2, 0.25) is 5.02 Å². The molecule has 5 N–H and O–H groups in total. The summed E-state index contributed by atoms with van der Waals surface area (Å²) in [5.74, 6) is 0.0950. The number of alkyl halides is 3. The van der Waals surface area contributed by atoms with Gasteiger partial charge in [-0.05, 0) is 48.0 Å². The second-order valence-corrected chi connectivity index (χ2v) is 7.90. The minimum Gasteiger partial charge on any atom is -0.489 e. The van der Waals surface area contributed by atoms with E-state index in [4.69, 9.17) is 16.3 Å². The molecule has 1 fully saturated rings. The number of hydrogen-bond donors (Lipinski definition) is 5. The first-order valence-electron chi connectivity index (χ1n) is 10.3. The lowest BCUT2D eigenvalue weighted by molar-refractivity contribution is -0.137. The molecule has 1 aliphatic heterocycles. The average Bonchev–Trinajstić information content (AvgIpc) is 3.28. The van der Waals surface area contributed by atoms with Crippen LogP contribution in [0.3, 0.4) is 0 Å². The molecule has 34 heavy (non-hydrogen) atoms. The molecule has 1 heterocycles. The normalized spacial score (nSPS) is 17.9. The molecule has 0 bridgehead atoms. The molecule has 1 saturated heterocycles. The predicted molar refractivity (Wildman–Crippen MR) is 123 cm³/mol. The molecule has 0 aliphatic carbocycles. The number of benzene rings is 3. The zero-order valence-electron chi connectivity index (χ0n) is 17.6. The van der Waals surface area contributed by atoms with Crippen LogP contribution in [0.5, 0.6) is 5.75 Å². The Morgan fingerprint density at radius 1 is 1.00 bits per heavy atom. The van der Waals surface area contributed by atoms with E-state index in [1.807, 2.05) is 30.3 Å². The van der Waals surface area contributed by atoms with Crippen molar-refractivity contribution in [2.75, 3.05) is 10.6 Å². The lowest BCUT2D eigenvalue weighted by Crippen LogP contribution is -2.48. The Kier molecular flexibility index (Phi) is 7.23. The van der Waals surface area contributed by atoms with Crippen LogP contribution in [-0.4, -0.2) is 18.1 Å². The Hall–Kier alpha value is -3.31. The number of hydrogen-bond acceptors (Lipinski definition) is 6. The highest BCUT2D eigenvalue weighted by molar-refractivity contribution is 6.33. The fraction of sp³-hybridized carbons (Fsp3) is 0.174. The number of ether oxygens (including phenoxy) is 1. The van der Waals surface area contributed by atoms with Crippen molar-refractivity contribution in [2.24, 2.45) is 0 Å². The number of anilines is 2. The number of hydrazine groups is 2. The molecule has 2 unspecified atom stereocenters. The number of amides is 1. The van der Waals surface area contributed by atoms with Gasteiger partial charge in [-0.2, -0.15) is 18.7 Å². The molecule has 0 spiro atoms. The summed E-state index contributed by atoms with van der Waals surface area (Å²) in [4.78, 5) is 12.7. The highest BCUT2D eigenvalue weighted by Crippen LogP contribution is 2.34. The maximum Gasteiger partial charge on any atom is 0.416 e. The van der Waals surface area contributed by atoms with Gasteiger partial charge < -0.3 is 15.4 Å². The Bertz CT molecular complexity index is 1130. The highest BCUT2D eigenvalue weighted by Gasteiger charge is 2.34. The first kappa shape index (κ1) is 23.8. The molecular formula is C23H21ClF3N5O2. The molecule has 0 saturated carbocycles. The summed E-state index contributed by atoms with van der Waals surface area (Å²) in [6.45, 7) is 0.436. The number of carbonyl (C=O) groups is 1. The van der Waals surface area contributed by atoms with Crippen LogP contribution in [0.15, 0.2) is 72.8 Å². The fourth-order valence-electron chi connectivity index (χ4n) is 3.28. The molecule has 1 aliphatic rings. The standard InChI is InChI=1S/C23H21ClF3N5O2/c24-18-11-6-15(23(25,26)27)12-19(18)29-22(33)20-21(31-32-30-20)28-16-7-9-17(10-8-16)34-13-14-4-2-1-3-5-14/h1-12,20-21,28,30-32H,13H2,(H,29,33). The Morgan fingerprint density at radius 2 is 1.74 bits per heavy atom. The SMILES string of the molecule is O=C(Nc1cc(C(F)(F)F)ccc1Cl)C1NNNC1Nc1ccc(OCc2ccccc2)cc1. The molecule has 2 atom stereocenters. The highest BCUT2D eigenvalue weighted by atomic mass is 35.5. The summed E-state index contributed by atoms with van der Waals surface area (Å²) < 4.78 is 44.8. The van der Waals surface area contributed by atoms with Crippen molar-refractivity contribution in [1.82, 2.24) is 16.4 Å². The maximum atomic E-state index is 13.0. The second-order valence-electron chi connectivity index (χ2n) is 7.49. The lowest BCUT2D eigenvalue weighted by atomic mass is 10.1. The Labute approximate surface area is 198 Å². The van der Waals surface area contributed by atoms with E-state index >= 15 is 0 Å². The van der Waals surface area contributed by atoms with Crippen LogP contribution < -0.4 is 31.8 Å². The fourth-order valence-corrected chi connectivity index (χ4v) is 3.44. The van der Waals surface area contributed by atoms with Gasteiger partial charge in [0.15, 0.2) is 0 Å².